The number of aromatic nitrogens is 3. The Labute approximate surface area is 146 Å². The van der Waals surface area contributed by atoms with Crippen LogP contribution in [0.15, 0.2) is 47.6 Å². The van der Waals surface area contributed by atoms with Crippen LogP contribution in [0.2, 0.25) is 0 Å². The lowest BCUT2D eigenvalue weighted by atomic mass is 10.1. The molecule has 4 nitrogen and oxygen atoms in total. The lowest BCUT2D eigenvalue weighted by molar-refractivity contribution is 0.415. The summed E-state index contributed by atoms with van der Waals surface area (Å²) in [5, 5.41) is 9.59. The first-order chi connectivity index (χ1) is 11.6. The molecule has 0 spiro atoms. The van der Waals surface area contributed by atoms with Crippen molar-refractivity contribution in [2.75, 3.05) is 7.11 Å². The van der Waals surface area contributed by atoms with Gasteiger partial charge in [-0.2, -0.15) is 0 Å². The number of ether oxygens (including phenoxy) is 1. The van der Waals surface area contributed by atoms with Crippen molar-refractivity contribution in [3.8, 4) is 17.1 Å². The molecule has 24 heavy (non-hydrogen) atoms. The maximum Gasteiger partial charge on any atom is 0.191 e. The van der Waals surface area contributed by atoms with Crippen LogP contribution in [0.4, 0.5) is 0 Å². The van der Waals surface area contributed by atoms with Gasteiger partial charge in [0.25, 0.3) is 0 Å². The van der Waals surface area contributed by atoms with Crippen molar-refractivity contribution < 1.29 is 4.74 Å². The molecule has 0 saturated carbocycles. The molecular weight excluding hydrogens is 318 g/mol. The molecular formula is C19H21N3OS. The Balaban J connectivity index is 1.75. The first-order valence-corrected chi connectivity index (χ1v) is 8.80. The van der Waals surface area contributed by atoms with E-state index in [9.17, 15) is 0 Å². The molecule has 124 valence electrons. The van der Waals surface area contributed by atoms with Gasteiger partial charge in [-0.1, -0.05) is 30.0 Å². The fourth-order valence-electron chi connectivity index (χ4n) is 2.47. The SMILES string of the molecule is COc1ccc(-c2nnc(SCc3ccc(C)c(C)c3)n2C)cc1. The molecule has 0 unspecified atom stereocenters. The van der Waals surface area contributed by atoms with Crippen LogP contribution in [0.25, 0.3) is 11.4 Å². The molecule has 2 aromatic carbocycles. The highest BCUT2D eigenvalue weighted by atomic mass is 32.2. The first-order valence-electron chi connectivity index (χ1n) is 7.81. The van der Waals surface area contributed by atoms with Crippen LogP contribution in [0.5, 0.6) is 5.75 Å². The minimum absolute atomic E-state index is 0.838. The summed E-state index contributed by atoms with van der Waals surface area (Å²) >= 11 is 1.70. The number of hydrogen-bond acceptors (Lipinski definition) is 4. The standard InChI is InChI=1S/C19H21N3OS/c1-13-5-6-15(11-14(13)2)12-24-19-21-20-18(22(19)3)16-7-9-17(23-4)10-8-16/h5-11H,12H2,1-4H3. The largest absolute Gasteiger partial charge is 0.497 e. The molecule has 5 heteroatoms. The van der Waals surface area contributed by atoms with E-state index >= 15 is 0 Å². The van der Waals surface area contributed by atoms with E-state index < -0.39 is 0 Å². The molecule has 1 aromatic heterocycles. The van der Waals surface area contributed by atoms with E-state index in [0.717, 1.165) is 28.0 Å². The summed E-state index contributed by atoms with van der Waals surface area (Å²) < 4.78 is 7.23. The maximum absolute atomic E-state index is 5.20. The van der Waals surface area contributed by atoms with Crippen molar-refractivity contribution in [1.82, 2.24) is 14.8 Å². The molecule has 0 aliphatic heterocycles. The van der Waals surface area contributed by atoms with E-state index in [0.29, 0.717) is 0 Å². The third-order valence-electron chi connectivity index (χ3n) is 4.12. The van der Waals surface area contributed by atoms with E-state index in [1.165, 1.54) is 16.7 Å². The molecule has 0 saturated heterocycles. The molecule has 0 bridgehead atoms. The second-order valence-electron chi connectivity index (χ2n) is 5.80. The predicted molar refractivity (Wildman–Crippen MR) is 98.5 cm³/mol. The monoisotopic (exact) mass is 339 g/mol. The summed E-state index contributed by atoms with van der Waals surface area (Å²) in [7, 11) is 3.67. The number of hydrogen-bond donors (Lipinski definition) is 0. The number of nitrogens with zero attached hydrogens (tertiary/aromatic N) is 3. The van der Waals surface area contributed by atoms with Crippen LogP contribution in [-0.4, -0.2) is 21.9 Å². The summed E-state index contributed by atoms with van der Waals surface area (Å²) in [6.45, 7) is 4.28. The highest BCUT2D eigenvalue weighted by Gasteiger charge is 2.11. The number of thioether (sulfide) groups is 1. The van der Waals surface area contributed by atoms with Gasteiger partial charge in [-0.05, 0) is 54.8 Å². The normalized spacial score (nSPS) is 10.8. The zero-order valence-corrected chi connectivity index (χ0v) is 15.2. The number of methoxy groups -OCH3 is 1. The van der Waals surface area contributed by atoms with E-state index in [2.05, 4.69) is 42.2 Å². The fourth-order valence-corrected chi connectivity index (χ4v) is 3.33. The van der Waals surface area contributed by atoms with E-state index in [4.69, 9.17) is 4.74 Å². The zero-order valence-electron chi connectivity index (χ0n) is 14.4. The highest BCUT2D eigenvalue weighted by Crippen LogP contribution is 2.26. The van der Waals surface area contributed by atoms with Gasteiger partial charge in [0.05, 0.1) is 7.11 Å². The molecule has 0 amide bonds. The van der Waals surface area contributed by atoms with Gasteiger partial charge in [0, 0.05) is 18.4 Å². The van der Waals surface area contributed by atoms with Crippen molar-refractivity contribution in [2.24, 2.45) is 7.05 Å². The molecule has 0 aliphatic carbocycles. The summed E-state index contributed by atoms with van der Waals surface area (Å²) in [6, 6.07) is 14.5. The highest BCUT2D eigenvalue weighted by molar-refractivity contribution is 7.98. The van der Waals surface area contributed by atoms with Crippen LogP contribution >= 0.6 is 11.8 Å². The third kappa shape index (κ3) is 3.46. The van der Waals surface area contributed by atoms with Crippen LogP contribution in [-0.2, 0) is 12.8 Å². The second kappa shape index (κ2) is 7.09. The smallest absolute Gasteiger partial charge is 0.191 e. The minimum Gasteiger partial charge on any atom is -0.497 e. The lowest BCUT2D eigenvalue weighted by Gasteiger charge is -2.06. The number of rotatable bonds is 5. The quantitative estimate of drug-likeness (QED) is 0.646. The molecule has 1 heterocycles. The average molecular weight is 339 g/mol. The van der Waals surface area contributed by atoms with E-state index in [1.807, 2.05) is 35.9 Å². The Morgan fingerprint density at radius 3 is 2.42 bits per heavy atom. The van der Waals surface area contributed by atoms with Gasteiger partial charge in [-0.15, -0.1) is 10.2 Å². The predicted octanol–water partition coefficient (Wildman–Crippen LogP) is 4.40. The minimum atomic E-state index is 0.838. The molecule has 0 radical (unpaired) electrons. The van der Waals surface area contributed by atoms with E-state index in [-0.39, 0.29) is 0 Å². The Morgan fingerprint density at radius 2 is 1.75 bits per heavy atom. The van der Waals surface area contributed by atoms with Crippen molar-refractivity contribution in [3.63, 3.8) is 0 Å². The lowest BCUT2D eigenvalue weighted by Crippen LogP contribution is -1.95. The number of benzene rings is 2. The molecule has 3 rings (SSSR count). The van der Waals surface area contributed by atoms with Gasteiger partial charge in [-0.25, -0.2) is 0 Å². The van der Waals surface area contributed by atoms with Gasteiger partial charge in [0.1, 0.15) is 5.75 Å². The Morgan fingerprint density at radius 1 is 1.00 bits per heavy atom. The molecule has 0 N–H and O–H groups in total. The maximum atomic E-state index is 5.20. The number of aryl methyl sites for hydroxylation is 2. The van der Waals surface area contributed by atoms with Gasteiger partial charge in [0.15, 0.2) is 11.0 Å². The van der Waals surface area contributed by atoms with Gasteiger partial charge < -0.3 is 9.30 Å². The Kier molecular flexibility index (Phi) is 4.90. The molecule has 0 atom stereocenters. The zero-order chi connectivity index (χ0) is 17.1. The van der Waals surface area contributed by atoms with Crippen molar-refractivity contribution in [3.05, 3.63) is 59.2 Å². The summed E-state index contributed by atoms with van der Waals surface area (Å²) in [5.74, 6) is 2.58. The van der Waals surface area contributed by atoms with Gasteiger partial charge in [-0.3, -0.25) is 0 Å². The Hall–Kier alpha value is -2.27. The average Bonchev–Trinajstić information content (AvgIpc) is 2.97. The summed E-state index contributed by atoms with van der Waals surface area (Å²) in [5.41, 5.74) is 4.98. The van der Waals surface area contributed by atoms with E-state index in [1.54, 1.807) is 18.9 Å². The van der Waals surface area contributed by atoms with Crippen LogP contribution in [0.3, 0.4) is 0 Å². The van der Waals surface area contributed by atoms with Crippen LogP contribution in [0, 0.1) is 13.8 Å². The van der Waals surface area contributed by atoms with Gasteiger partial charge in [0.2, 0.25) is 0 Å². The van der Waals surface area contributed by atoms with Crippen molar-refractivity contribution >= 4 is 11.8 Å². The summed E-state index contributed by atoms with van der Waals surface area (Å²) in [6.07, 6.45) is 0. The third-order valence-corrected chi connectivity index (χ3v) is 5.21. The van der Waals surface area contributed by atoms with Gasteiger partial charge >= 0.3 is 0 Å². The Bertz CT molecular complexity index is 840. The van der Waals surface area contributed by atoms with Crippen molar-refractivity contribution in [1.29, 1.82) is 0 Å². The summed E-state index contributed by atoms with van der Waals surface area (Å²) in [4.78, 5) is 0. The fraction of sp³-hybridized carbons (Fsp3) is 0.263. The van der Waals surface area contributed by atoms with Crippen LogP contribution < -0.4 is 4.74 Å². The molecule has 3 aromatic rings. The second-order valence-corrected chi connectivity index (χ2v) is 6.74. The van der Waals surface area contributed by atoms with Crippen molar-refractivity contribution in [2.45, 2.75) is 24.8 Å². The molecule has 0 aliphatic rings. The molecule has 0 fully saturated rings. The van der Waals surface area contributed by atoms with Crippen LogP contribution in [0.1, 0.15) is 16.7 Å². The first kappa shape index (κ1) is 16.6. The topological polar surface area (TPSA) is 39.9 Å².